The van der Waals surface area contributed by atoms with Crippen molar-refractivity contribution in [3.8, 4) is 0 Å². The summed E-state index contributed by atoms with van der Waals surface area (Å²) in [7, 11) is -5.21. The fourth-order valence-corrected chi connectivity index (χ4v) is 3.59. The number of hydrogen-bond acceptors (Lipinski definition) is 10. The van der Waals surface area contributed by atoms with Crippen LogP contribution >= 0.6 is 7.60 Å². The van der Waals surface area contributed by atoms with E-state index in [1.807, 2.05) is 0 Å². The van der Waals surface area contributed by atoms with E-state index in [0.717, 1.165) is 11.2 Å². The molecular formula is C10H14N5O8P. The van der Waals surface area contributed by atoms with E-state index in [2.05, 4.69) is 15.0 Å². The van der Waals surface area contributed by atoms with Crippen LogP contribution < -0.4 is 5.73 Å². The molecule has 0 aromatic carbocycles. The van der Waals surface area contributed by atoms with E-state index in [9.17, 15) is 29.4 Å². The van der Waals surface area contributed by atoms with Gasteiger partial charge in [0.15, 0.2) is 12.1 Å². The lowest BCUT2D eigenvalue weighted by molar-refractivity contribution is -0.119. The zero-order valence-electron chi connectivity index (χ0n) is 11.9. The highest BCUT2D eigenvalue weighted by atomic mass is 31.2. The number of amidine groups is 1. The maximum atomic E-state index is 12.1. The minimum Gasteiger partial charge on any atom is -0.394 e. The molecule has 0 radical (unpaired) electrons. The Balaban J connectivity index is 2.05. The topological polar surface area (TPSA) is 211 Å². The van der Waals surface area contributed by atoms with Gasteiger partial charge in [0.05, 0.1) is 12.9 Å². The lowest BCUT2D eigenvalue weighted by atomic mass is 10.1. The van der Waals surface area contributed by atoms with Crippen molar-refractivity contribution in [1.29, 1.82) is 0 Å². The number of carbonyl (C=O) groups excluding carboxylic acids is 1. The van der Waals surface area contributed by atoms with Crippen molar-refractivity contribution in [2.75, 3.05) is 6.61 Å². The van der Waals surface area contributed by atoms with Crippen molar-refractivity contribution in [2.24, 2.45) is 20.7 Å². The smallest absolute Gasteiger partial charge is 0.370 e. The number of aliphatic imine (C=N–C) groups is 3. The Morgan fingerprint density at radius 1 is 1.33 bits per heavy atom. The van der Waals surface area contributed by atoms with Crippen molar-refractivity contribution in [3.63, 3.8) is 0 Å². The summed E-state index contributed by atoms with van der Waals surface area (Å²) in [5.41, 5.74) is 5.37. The van der Waals surface area contributed by atoms with E-state index in [-0.39, 0.29) is 0 Å². The van der Waals surface area contributed by atoms with E-state index in [1.165, 1.54) is 0 Å². The minimum absolute atomic E-state index is 0.554. The number of aliphatic hydroxyl groups excluding tert-OH is 3. The highest BCUT2D eigenvalue weighted by Crippen LogP contribution is 2.56. The van der Waals surface area contributed by atoms with Gasteiger partial charge in [0, 0.05) is 0 Å². The van der Waals surface area contributed by atoms with Gasteiger partial charge in [0.25, 0.3) is 5.91 Å². The molecule has 3 heterocycles. The number of aliphatic hydroxyl groups is 3. The molecule has 3 aliphatic rings. The van der Waals surface area contributed by atoms with Gasteiger partial charge in [0.1, 0.15) is 18.3 Å². The average molecular weight is 363 g/mol. The Morgan fingerprint density at radius 2 is 2.00 bits per heavy atom. The first-order valence-electron chi connectivity index (χ1n) is 6.63. The van der Waals surface area contributed by atoms with Gasteiger partial charge in [0.2, 0.25) is 5.96 Å². The molecule has 3 unspecified atom stereocenters. The zero-order valence-corrected chi connectivity index (χ0v) is 12.8. The van der Waals surface area contributed by atoms with E-state index in [1.54, 1.807) is 0 Å². The highest BCUT2D eigenvalue weighted by molar-refractivity contribution is 7.56. The van der Waals surface area contributed by atoms with Crippen LogP contribution in [0.2, 0.25) is 0 Å². The van der Waals surface area contributed by atoms with Crippen LogP contribution in [-0.2, 0) is 14.1 Å². The summed E-state index contributed by atoms with van der Waals surface area (Å²) in [5, 5.41) is 26.2. The first-order valence-corrected chi connectivity index (χ1v) is 8.24. The van der Waals surface area contributed by atoms with Crippen LogP contribution in [0, 0.1) is 0 Å². The van der Waals surface area contributed by atoms with Gasteiger partial charge in [-0.15, -0.1) is 0 Å². The van der Waals surface area contributed by atoms with Crippen LogP contribution in [0.4, 0.5) is 0 Å². The highest BCUT2D eigenvalue weighted by Gasteiger charge is 2.65. The number of nitrogens with zero attached hydrogens (tertiary/aromatic N) is 4. The summed E-state index contributed by atoms with van der Waals surface area (Å²) in [6, 6.07) is 0. The molecule has 24 heavy (non-hydrogen) atoms. The summed E-state index contributed by atoms with van der Waals surface area (Å²) >= 11 is 0. The lowest BCUT2D eigenvalue weighted by Crippen LogP contribution is -2.54. The number of nitrogens with two attached hydrogens (primary N) is 1. The molecule has 0 aromatic heterocycles. The van der Waals surface area contributed by atoms with Crippen molar-refractivity contribution < 1.29 is 39.2 Å². The molecule has 0 aromatic rings. The van der Waals surface area contributed by atoms with Crippen LogP contribution in [0.5, 0.6) is 0 Å². The van der Waals surface area contributed by atoms with Gasteiger partial charge in [-0.1, -0.05) is 0 Å². The molecule has 0 spiro atoms. The van der Waals surface area contributed by atoms with Gasteiger partial charge >= 0.3 is 12.9 Å². The first-order chi connectivity index (χ1) is 11.1. The predicted molar refractivity (Wildman–Crippen MR) is 76.9 cm³/mol. The number of ether oxygens (including phenoxy) is 1. The summed E-state index contributed by atoms with van der Waals surface area (Å²) in [6.07, 6.45) is -4.74. The second-order valence-corrected chi connectivity index (χ2v) is 7.04. The molecule has 0 saturated carbocycles. The van der Waals surface area contributed by atoms with Crippen LogP contribution in [0.3, 0.4) is 0 Å². The molecule has 1 saturated heterocycles. The molecule has 0 bridgehead atoms. The Kier molecular flexibility index (Phi) is 3.84. The first kappa shape index (κ1) is 17.1. The van der Waals surface area contributed by atoms with Crippen molar-refractivity contribution in [2.45, 2.75) is 29.8 Å². The monoisotopic (exact) mass is 363 g/mol. The Morgan fingerprint density at radius 3 is 2.54 bits per heavy atom. The van der Waals surface area contributed by atoms with E-state index in [0.29, 0.717) is 0 Å². The molecule has 13 nitrogen and oxygen atoms in total. The maximum Gasteiger partial charge on any atom is 0.370 e. The SMILES string of the molecule is NC1=NC(=O)C2(P(=O)(O)O)N=CN([C@@H]3O[C@H](CO)C(O)C3O)C2=N1. The molecule has 7 N–H and O–H groups in total. The molecule has 3 aliphatic heterocycles. The van der Waals surface area contributed by atoms with Gasteiger partial charge in [-0.25, -0.2) is 4.99 Å². The van der Waals surface area contributed by atoms with E-state index >= 15 is 0 Å². The third kappa shape index (κ3) is 2.14. The molecule has 1 fully saturated rings. The molecule has 14 heteroatoms. The second kappa shape index (κ2) is 5.39. The summed E-state index contributed by atoms with van der Waals surface area (Å²) in [6.45, 7) is -0.613. The van der Waals surface area contributed by atoms with Gasteiger partial charge in [-0.2, -0.15) is 9.98 Å². The Hall–Kier alpha value is -1.73. The van der Waals surface area contributed by atoms with Crippen LogP contribution in [-0.4, -0.2) is 90.5 Å². The molecule has 0 aliphatic carbocycles. The average Bonchev–Trinajstić information content (AvgIpc) is 2.99. The zero-order chi connectivity index (χ0) is 17.9. The number of hydrogen-bond donors (Lipinski definition) is 6. The van der Waals surface area contributed by atoms with Crippen molar-refractivity contribution in [1.82, 2.24) is 4.90 Å². The largest absolute Gasteiger partial charge is 0.394 e. The van der Waals surface area contributed by atoms with E-state index in [4.69, 9.17) is 15.6 Å². The van der Waals surface area contributed by atoms with E-state index < -0.39 is 61.7 Å². The third-order valence-corrected chi connectivity index (χ3v) is 5.22. The molecule has 132 valence electrons. The fraction of sp³-hybridized carbons (Fsp3) is 0.600. The Labute approximate surface area is 134 Å². The maximum absolute atomic E-state index is 12.1. The number of rotatable bonds is 3. The molecule has 5 atom stereocenters. The summed E-state index contributed by atoms with van der Waals surface area (Å²) < 4.78 is 17.1. The van der Waals surface area contributed by atoms with Crippen molar-refractivity contribution in [3.05, 3.63) is 0 Å². The fourth-order valence-electron chi connectivity index (χ4n) is 2.67. The standard InChI is InChI=1S/C10H14N5O8P/c11-9-13-7-10(8(19)14-9,24(20,21)22)12-2-15(7)6-5(18)4(17)3(1-16)23-6/h2-6,16-18H,1H2,(H2,11,14,19)(H2,20,21,22)/t3-,4?,5?,6-,10?/m1/s1. The van der Waals surface area contributed by atoms with Gasteiger partial charge < -0.3 is 35.6 Å². The molecular weight excluding hydrogens is 349 g/mol. The van der Waals surface area contributed by atoms with Gasteiger partial charge in [-0.05, 0) is 0 Å². The number of fused-ring (bicyclic) bond motifs is 1. The van der Waals surface area contributed by atoms with Crippen LogP contribution in [0.25, 0.3) is 0 Å². The predicted octanol–water partition coefficient (Wildman–Crippen LogP) is -4.10. The van der Waals surface area contributed by atoms with Crippen molar-refractivity contribution >= 4 is 31.6 Å². The van der Waals surface area contributed by atoms with Crippen LogP contribution in [0.1, 0.15) is 0 Å². The Bertz CT molecular complexity index is 718. The number of guanidine groups is 1. The second-order valence-electron chi connectivity index (χ2n) is 5.31. The summed E-state index contributed by atoms with van der Waals surface area (Å²) in [5.74, 6) is -2.45. The number of amides is 1. The lowest BCUT2D eigenvalue weighted by Gasteiger charge is -2.32. The third-order valence-electron chi connectivity index (χ3n) is 3.87. The normalized spacial score (nSPS) is 39.0. The number of carbonyl (C=O) groups is 1. The minimum atomic E-state index is -5.21. The molecule has 3 rings (SSSR count). The quantitative estimate of drug-likeness (QED) is 0.267. The summed E-state index contributed by atoms with van der Waals surface area (Å²) in [4.78, 5) is 42.7. The van der Waals surface area contributed by atoms with Gasteiger partial charge in [-0.3, -0.25) is 14.3 Å². The van der Waals surface area contributed by atoms with Crippen LogP contribution in [0.15, 0.2) is 15.0 Å². The molecule has 1 amide bonds.